The predicted molar refractivity (Wildman–Crippen MR) is 32.8 cm³/mol. The Morgan fingerprint density at radius 2 is 1.17 bits per heavy atom. The topological polar surface area (TPSA) is 0 Å². The smallest absolute Gasteiger partial charge is 0.316 e. The maximum atomic E-state index is 2.12. The fourth-order valence-corrected chi connectivity index (χ4v) is 0. The molecule has 0 aliphatic rings. The Bertz CT molecular complexity index is 15.5. The van der Waals surface area contributed by atoms with E-state index in [0.29, 0.717) is 0 Å². The Morgan fingerprint density at radius 3 is 1.17 bits per heavy atom. The van der Waals surface area contributed by atoms with Crippen LogP contribution in [0.5, 0.6) is 0 Å². The Kier molecular flexibility index (Phi) is 168. The van der Waals surface area contributed by atoms with E-state index in [1.807, 2.05) is 0 Å². The first-order valence-corrected chi connectivity index (χ1v) is 3.67. The molecular weight excluding hydrogens is 236 g/mol. The standard InChI is InChI=1S/BH2.Ca.Fe.K.Mg.Zn.5H/h1H2;;;;;;;;;;/q+1;;;;;-1;;;;;. The van der Waals surface area contributed by atoms with Crippen LogP contribution in [-0.2, 0) is 35.2 Å². The van der Waals surface area contributed by atoms with Gasteiger partial charge in [0.25, 0.3) is 0 Å². The van der Waals surface area contributed by atoms with Gasteiger partial charge < -0.3 is 0 Å². The Balaban J connectivity index is -0.000000000833. The largest absolute Gasteiger partial charge is 0.316 e. The van der Waals surface area contributed by atoms with E-state index in [2.05, 4.69) is 6.33 Å². The van der Waals surface area contributed by atoms with Crippen molar-refractivity contribution in [3.05, 3.63) is 0 Å². The van der Waals surface area contributed by atoms with E-state index >= 15 is 0 Å². The molecule has 0 atom stereocenters. The molecule has 6 heavy (non-hydrogen) atoms. The van der Waals surface area contributed by atoms with Crippen LogP contribution in [0.3, 0.4) is 0 Å². The van der Waals surface area contributed by atoms with E-state index in [1.165, 1.54) is 18.1 Å². The van der Waals surface area contributed by atoms with Gasteiger partial charge in [-0.15, -0.1) is 0 Å². The van der Waals surface area contributed by atoms with Gasteiger partial charge in [-0.1, -0.05) is 0 Å². The summed E-state index contributed by atoms with van der Waals surface area (Å²) in [4.78, 5) is 0. The van der Waals surface area contributed by atoms with E-state index in [1.54, 1.807) is 0 Å². The normalized spacial score (nSPS) is 1.00. The molecule has 0 radical (unpaired) electrons. The van der Waals surface area contributed by atoms with Crippen molar-refractivity contribution in [2.45, 2.75) is 0 Å². The van der Waals surface area contributed by atoms with E-state index in [0.717, 1.165) is 0 Å². The van der Waals surface area contributed by atoms with Gasteiger partial charge in [-0.3, -0.25) is 0 Å². The molecule has 0 saturated heterocycles. The third-order valence-electron chi connectivity index (χ3n) is 0. The van der Waals surface area contributed by atoms with E-state index < -0.39 is 0 Å². The van der Waals surface area contributed by atoms with Crippen molar-refractivity contribution in [1.29, 1.82) is 0 Å². The minimum atomic E-state index is 0. The summed E-state index contributed by atoms with van der Waals surface area (Å²) < 4.78 is 0. The molecule has 25 valence electrons. The molecule has 0 bridgehead atoms. The zero-order valence-corrected chi connectivity index (χ0v) is 6.13. The van der Waals surface area contributed by atoms with Crippen molar-refractivity contribution in [2.75, 3.05) is 0 Å². The molecule has 0 rings (SSSR count). The summed E-state index contributed by atoms with van der Waals surface area (Å²) >= 11 is 1.38. The minimum absolute atomic E-state index is 0. The average molecular weight is 243 g/mol. The van der Waals surface area contributed by atoms with Crippen LogP contribution in [0.15, 0.2) is 0 Å². The molecule has 0 spiro atoms. The van der Waals surface area contributed by atoms with Crippen LogP contribution in [0, 0.1) is 0 Å². The first-order chi connectivity index (χ1) is 1.00. The summed E-state index contributed by atoms with van der Waals surface area (Å²) in [5.41, 5.74) is 0. The monoisotopic (exact) mass is 241 g/mol. The van der Waals surface area contributed by atoms with Crippen LogP contribution in [0.25, 0.3) is 0 Å². The van der Waals surface area contributed by atoms with E-state index in [4.69, 9.17) is 0 Å². The van der Waals surface area contributed by atoms with Gasteiger partial charge >= 0.3 is 137 Å². The predicted octanol–water partition coefficient (Wildman–Crippen LogP) is -3.40. The van der Waals surface area contributed by atoms with Gasteiger partial charge in [-0.2, -0.15) is 0 Å². The number of rotatable bonds is 0. The molecule has 0 unspecified atom stereocenters. The molecule has 0 aliphatic heterocycles. The fourth-order valence-electron chi connectivity index (χ4n) is 0. The molecule has 0 saturated carbocycles. The summed E-state index contributed by atoms with van der Waals surface area (Å²) in [7, 11) is 0. The van der Waals surface area contributed by atoms with E-state index in [-0.39, 0.29) is 129 Å². The van der Waals surface area contributed by atoms with Gasteiger partial charge in [0.05, 0.1) is 0 Å². The van der Waals surface area contributed by atoms with Crippen LogP contribution in [0.4, 0.5) is 0 Å². The van der Waals surface area contributed by atoms with Gasteiger partial charge in [-0.05, 0) is 0 Å². The summed E-state index contributed by atoms with van der Waals surface area (Å²) in [5.74, 6) is 0. The first-order valence-electron chi connectivity index (χ1n) is 0.707. The van der Waals surface area contributed by atoms with Crippen LogP contribution in [0.1, 0.15) is 0 Å². The Morgan fingerprint density at radius 1 is 1.17 bits per heavy atom. The zero-order valence-electron chi connectivity index (χ0n) is 2.06. The third kappa shape index (κ3) is 23.2. The number of hydrogen-bond donors (Lipinski definition) is 0. The quantitative estimate of drug-likeness (QED) is 0.389. The maximum Gasteiger partial charge on any atom is 0.316 e. The van der Waals surface area contributed by atoms with Gasteiger partial charge in [0.1, 0.15) is 0 Å². The molecule has 0 aliphatic carbocycles. The third-order valence-corrected chi connectivity index (χ3v) is 0. The Labute approximate surface area is 149 Å². The molecule has 0 fully saturated rings. The minimum Gasteiger partial charge on any atom is 0.316 e. The molecule has 0 aromatic carbocycles. The molecule has 0 nitrogen and oxygen atoms in total. The van der Waals surface area contributed by atoms with Crippen LogP contribution in [0.2, 0.25) is 0 Å². The summed E-state index contributed by atoms with van der Waals surface area (Å²) in [6.45, 7) is 0. The molecule has 6 heteroatoms. The van der Waals surface area contributed by atoms with Crippen LogP contribution in [-0.4, -0.2) is 119 Å². The van der Waals surface area contributed by atoms with Crippen molar-refractivity contribution in [3.63, 3.8) is 0 Å². The van der Waals surface area contributed by atoms with Crippen LogP contribution >= 0.6 is 0 Å². The van der Waals surface area contributed by atoms with Crippen molar-refractivity contribution in [1.82, 2.24) is 0 Å². The van der Waals surface area contributed by atoms with Crippen molar-refractivity contribution >= 4 is 119 Å². The fraction of sp³-hybridized carbons (Fsp3) is 0. The maximum absolute atomic E-state index is 2.12. The summed E-state index contributed by atoms with van der Waals surface area (Å²) in [6.07, 6.45) is 2.12. The average Bonchev–Trinajstić information content (AvgIpc) is 1.00. The molecule has 0 aromatic rings. The zero-order chi connectivity index (χ0) is 2.00. The van der Waals surface area contributed by atoms with E-state index in [9.17, 15) is 0 Å². The molecule has 0 amide bonds. The number of hydrogen-bond acceptors (Lipinski definition) is 0. The summed E-state index contributed by atoms with van der Waals surface area (Å²) in [6, 6.07) is 0. The van der Waals surface area contributed by atoms with Crippen molar-refractivity contribution in [3.8, 4) is 0 Å². The molecule has 0 aromatic heterocycles. The van der Waals surface area contributed by atoms with Crippen molar-refractivity contribution in [2.24, 2.45) is 0 Å². The molecule has 0 heterocycles. The van der Waals surface area contributed by atoms with Gasteiger partial charge in [0.2, 0.25) is 0 Å². The second-order valence-corrected chi connectivity index (χ2v) is 0. The first kappa shape index (κ1) is 30.7. The second kappa shape index (κ2) is 32.7. The molecule has 0 N–H and O–H groups in total. The SMILES string of the molecule is [BH2][Zn].[CaH2].[Fe].[KH].[MgH2]. The van der Waals surface area contributed by atoms with Gasteiger partial charge in [0, 0.05) is 17.1 Å². The Hall–Kier alpha value is 4.87. The van der Waals surface area contributed by atoms with Crippen molar-refractivity contribution < 1.29 is 35.2 Å². The van der Waals surface area contributed by atoms with Crippen LogP contribution < -0.4 is 0 Å². The molecular formula is H7BCaFeKMgZn. The van der Waals surface area contributed by atoms with Gasteiger partial charge in [-0.25, -0.2) is 0 Å². The second-order valence-electron chi connectivity index (χ2n) is 0. The van der Waals surface area contributed by atoms with Gasteiger partial charge in [0.15, 0.2) is 0 Å². The summed E-state index contributed by atoms with van der Waals surface area (Å²) in [5, 5.41) is 0.